The Morgan fingerprint density at radius 3 is 3.12 bits per heavy atom. The van der Waals surface area contributed by atoms with Crippen LogP contribution in [-0.4, -0.2) is 15.6 Å². The maximum absolute atomic E-state index is 4.44. The van der Waals surface area contributed by atoms with Crippen LogP contribution in [0, 0.1) is 0 Å². The van der Waals surface area contributed by atoms with Crippen LogP contribution in [0.5, 0.6) is 0 Å². The van der Waals surface area contributed by atoms with E-state index in [-0.39, 0.29) is 0 Å². The molecule has 3 nitrogen and oxygen atoms in total. The van der Waals surface area contributed by atoms with Crippen molar-refractivity contribution >= 4 is 5.69 Å². The highest BCUT2D eigenvalue weighted by Crippen LogP contribution is 2.26. The molecule has 0 radical (unpaired) electrons. The average Bonchev–Trinajstić information content (AvgIpc) is 2.94. The number of aryl methyl sites for hydroxylation is 1. The Morgan fingerprint density at radius 2 is 2.29 bits per heavy atom. The first-order chi connectivity index (χ1) is 8.36. The molecule has 2 heterocycles. The lowest BCUT2D eigenvalue weighted by Crippen LogP contribution is -2.20. The molecule has 1 N–H and O–H groups in total. The molecule has 88 valence electrons. The monoisotopic (exact) mass is 227 g/mol. The van der Waals surface area contributed by atoms with Crippen LogP contribution in [0.2, 0.25) is 0 Å². The van der Waals surface area contributed by atoms with Crippen molar-refractivity contribution in [1.82, 2.24) is 9.55 Å². The first-order valence-electron chi connectivity index (χ1n) is 6.21. The summed E-state index contributed by atoms with van der Waals surface area (Å²) in [6.07, 6.45) is 6.04. The van der Waals surface area contributed by atoms with E-state index in [1.807, 2.05) is 6.20 Å². The molecule has 1 aromatic carbocycles. The largest absolute Gasteiger partial charge is 0.381 e. The van der Waals surface area contributed by atoms with E-state index in [1.165, 1.54) is 17.1 Å². The Hall–Kier alpha value is -1.77. The van der Waals surface area contributed by atoms with E-state index < -0.39 is 0 Å². The van der Waals surface area contributed by atoms with E-state index in [1.54, 1.807) is 0 Å². The van der Waals surface area contributed by atoms with E-state index in [2.05, 4.69) is 52.3 Å². The number of rotatable bonds is 3. The maximum atomic E-state index is 4.44. The molecule has 1 unspecified atom stereocenters. The molecule has 0 saturated heterocycles. The highest BCUT2D eigenvalue weighted by atomic mass is 15.1. The van der Waals surface area contributed by atoms with Gasteiger partial charge in [-0.15, -0.1) is 0 Å². The Balaban J connectivity index is 1.74. The van der Waals surface area contributed by atoms with Gasteiger partial charge in [-0.25, -0.2) is 4.98 Å². The smallest absolute Gasteiger partial charge is 0.110 e. The Kier molecular flexibility index (Phi) is 2.59. The van der Waals surface area contributed by atoms with Crippen molar-refractivity contribution in [2.24, 2.45) is 0 Å². The molecule has 2 aromatic rings. The van der Waals surface area contributed by atoms with Crippen LogP contribution in [0.4, 0.5) is 5.69 Å². The van der Waals surface area contributed by atoms with Gasteiger partial charge < -0.3 is 9.88 Å². The van der Waals surface area contributed by atoms with E-state index in [0.717, 1.165) is 19.4 Å². The number of nitrogens with one attached hydrogen (secondary N) is 1. The highest BCUT2D eigenvalue weighted by Gasteiger charge is 2.21. The van der Waals surface area contributed by atoms with E-state index in [0.29, 0.717) is 6.04 Å². The van der Waals surface area contributed by atoms with Gasteiger partial charge in [-0.2, -0.15) is 0 Å². The lowest BCUT2D eigenvalue weighted by atomic mass is 10.1. The second-order valence-electron chi connectivity index (χ2n) is 4.54. The summed E-state index contributed by atoms with van der Waals surface area (Å²) in [6.45, 7) is 3.15. The fourth-order valence-corrected chi connectivity index (χ4v) is 2.54. The molecule has 3 rings (SSSR count). The van der Waals surface area contributed by atoms with Gasteiger partial charge in [-0.05, 0) is 25.0 Å². The van der Waals surface area contributed by atoms with Gasteiger partial charge in [0.25, 0.3) is 0 Å². The number of hydrogen-bond acceptors (Lipinski definition) is 2. The molecule has 1 aliphatic heterocycles. The molecular weight excluding hydrogens is 210 g/mol. The number of hydrogen-bond donors (Lipinski definition) is 1. The summed E-state index contributed by atoms with van der Waals surface area (Å²) in [6, 6.07) is 9.04. The quantitative estimate of drug-likeness (QED) is 0.873. The van der Waals surface area contributed by atoms with Gasteiger partial charge in [0, 0.05) is 37.1 Å². The molecule has 0 amide bonds. The van der Waals surface area contributed by atoms with Gasteiger partial charge in [0.1, 0.15) is 5.82 Å². The number of aromatic nitrogens is 2. The molecule has 1 aromatic heterocycles. The van der Waals surface area contributed by atoms with Crippen LogP contribution < -0.4 is 5.32 Å². The lowest BCUT2D eigenvalue weighted by molar-refractivity contribution is 0.642. The van der Waals surface area contributed by atoms with E-state index >= 15 is 0 Å². The first kappa shape index (κ1) is 10.4. The topological polar surface area (TPSA) is 29.9 Å². The number of imidazole rings is 1. The van der Waals surface area contributed by atoms with E-state index in [9.17, 15) is 0 Å². The van der Waals surface area contributed by atoms with Crippen molar-refractivity contribution in [2.45, 2.75) is 32.4 Å². The Bertz CT molecular complexity index is 491. The van der Waals surface area contributed by atoms with Gasteiger partial charge in [0.2, 0.25) is 0 Å². The number of fused-ring (bicyclic) bond motifs is 1. The summed E-state index contributed by atoms with van der Waals surface area (Å²) in [7, 11) is 0. The molecule has 17 heavy (non-hydrogen) atoms. The summed E-state index contributed by atoms with van der Waals surface area (Å²) in [4.78, 5) is 4.44. The minimum Gasteiger partial charge on any atom is -0.381 e. The molecule has 1 atom stereocenters. The third-order valence-corrected chi connectivity index (χ3v) is 3.41. The highest BCUT2D eigenvalue weighted by molar-refractivity contribution is 5.56. The third kappa shape index (κ3) is 1.93. The zero-order valence-electron chi connectivity index (χ0n) is 10.1. The van der Waals surface area contributed by atoms with Crippen LogP contribution in [0.15, 0.2) is 36.7 Å². The van der Waals surface area contributed by atoms with Gasteiger partial charge >= 0.3 is 0 Å². The average molecular weight is 227 g/mol. The van der Waals surface area contributed by atoms with Crippen molar-refractivity contribution in [2.75, 3.05) is 5.32 Å². The van der Waals surface area contributed by atoms with Crippen LogP contribution in [0.1, 0.15) is 18.3 Å². The minimum absolute atomic E-state index is 0.486. The number of benzene rings is 1. The summed E-state index contributed by atoms with van der Waals surface area (Å²) < 4.78 is 2.21. The zero-order chi connectivity index (χ0) is 11.7. The number of nitrogens with zero attached hydrogens (tertiary/aromatic N) is 2. The molecule has 0 spiro atoms. The number of anilines is 1. The van der Waals surface area contributed by atoms with Crippen LogP contribution in [0.25, 0.3) is 0 Å². The first-order valence-corrected chi connectivity index (χ1v) is 6.21. The maximum Gasteiger partial charge on any atom is 0.110 e. The Morgan fingerprint density at radius 1 is 1.41 bits per heavy atom. The van der Waals surface area contributed by atoms with Gasteiger partial charge in [0.05, 0.1) is 0 Å². The third-order valence-electron chi connectivity index (χ3n) is 3.41. The minimum atomic E-state index is 0.486. The van der Waals surface area contributed by atoms with Crippen LogP contribution in [0.3, 0.4) is 0 Å². The predicted molar refractivity (Wildman–Crippen MR) is 69.2 cm³/mol. The molecular formula is C14H17N3. The number of para-hydroxylation sites is 1. The standard InChI is InChI=1S/C14H17N3/c1-2-17-8-7-15-14(17)10-12-9-11-5-3-4-6-13(11)16-12/h3-8,12,16H,2,9-10H2,1H3. The summed E-state index contributed by atoms with van der Waals surface area (Å²) in [5.41, 5.74) is 2.71. The Labute approximate surface area is 101 Å². The van der Waals surface area contributed by atoms with Crippen LogP contribution in [-0.2, 0) is 19.4 Å². The van der Waals surface area contributed by atoms with Gasteiger partial charge in [-0.3, -0.25) is 0 Å². The summed E-state index contributed by atoms with van der Waals surface area (Å²) >= 11 is 0. The normalized spacial score (nSPS) is 17.8. The zero-order valence-corrected chi connectivity index (χ0v) is 10.1. The van der Waals surface area contributed by atoms with E-state index in [4.69, 9.17) is 0 Å². The van der Waals surface area contributed by atoms with Crippen molar-refractivity contribution in [1.29, 1.82) is 0 Å². The van der Waals surface area contributed by atoms with Crippen molar-refractivity contribution in [3.05, 3.63) is 48.0 Å². The molecule has 0 saturated carbocycles. The predicted octanol–water partition coefficient (Wildman–Crippen LogP) is 2.48. The van der Waals surface area contributed by atoms with Crippen molar-refractivity contribution < 1.29 is 0 Å². The second-order valence-corrected chi connectivity index (χ2v) is 4.54. The van der Waals surface area contributed by atoms with Crippen molar-refractivity contribution in [3.8, 4) is 0 Å². The lowest BCUT2D eigenvalue weighted by Gasteiger charge is -2.11. The van der Waals surface area contributed by atoms with Gasteiger partial charge in [0.15, 0.2) is 0 Å². The van der Waals surface area contributed by atoms with Crippen LogP contribution >= 0.6 is 0 Å². The van der Waals surface area contributed by atoms with Gasteiger partial charge in [-0.1, -0.05) is 18.2 Å². The molecule has 0 fully saturated rings. The molecule has 0 aliphatic carbocycles. The summed E-state index contributed by atoms with van der Waals surface area (Å²) in [5, 5.41) is 3.57. The second kappa shape index (κ2) is 4.24. The SMILES string of the molecule is CCn1ccnc1CC1Cc2ccccc2N1. The molecule has 1 aliphatic rings. The summed E-state index contributed by atoms with van der Waals surface area (Å²) in [5.74, 6) is 1.18. The molecule has 3 heteroatoms. The van der Waals surface area contributed by atoms with Crippen molar-refractivity contribution in [3.63, 3.8) is 0 Å². The molecule has 0 bridgehead atoms. The fraction of sp³-hybridized carbons (Fsp3) is 0.357. The fourth-order valence-electron chi connectivity index (χ4n) is 2.54.